The van der Waals surface area contributed by atoms with Gasteiger partial charge in [-0.15, -0.1) is 0 Å². The molecule has 1 N–H and O–H groups in total. The van der Waals surface area contributed by atoms with Gasteiger partial charge in [0.25, 0.3) is 0 Å². The van der Waals surface area contributed by atoms with Crippen LogP contribution in [0.1, 0.15) is 43.9 Å². The summed E-state index contributed by atoms with van der Waals surface area (Å²) in [5.74, 6) is 0.985. The van der Waals surface area contributed by atoms with Crippen LogP contribution in [0, 0.1) is 0 Å². The Labute approximate surface area is 192 Å². The normalized spacial score (nSPS) is 15.2. The number of aromatic nitrogens is 3. The van der Waals surface area contributed by atoms with Crippen LogP contribution in [0.2, 0.25) is 5.02 Å². The lowest BCUT2D eigenvalue weighted by molar-refractivity contribution is -0.139. The van der Waals surface area contributed by atoms with Crippen molar-refractivity contribution in [3.05, 3.63) is 82.3 Å². The first kappa shape index (κ1) is 21.9. The van der Waals surface area contributed by atoms with Gasteiger partial charge in [-0.2, -0.15) is 10.1 Å². The third-order valence-corrected chi connectivity index (χ3v) is 5.44. The van der Waals surface area contributed by atoms with E-state index < -0.39 is 6.04 Å². The lowest BCUT2D eigenvalue weighted by atomic mass is 9.94. The van der Waals surface area contributed by atoms with Crippen LogP contribution in [0.25, 0.3) is 0 Å². The molecule has 0 saturated heterocycles. The van der Waals surface area contributed by atoms with Crippen molar-refractivity contribution in [3.8, 4) is 5.75 Å². The van der Waals surface area contributed by atoms with Gasteiger partial charge in [-0.25, -0.2) is 9.48 Å². The van der Waals surface area contributed by atoms with Crippen molar-refractivity contribution in [1.29, 1.82) is 0 Å². The summed E-state index contributed by atoms with van der Waals surface area (Å²) >= 11 is 5.94. The number of allylic oxidation sites excluding steroid dienone is 1. The average Bonchev–Trinajstić information content (AvgIpc) is 3.27. The third-order valence-electron chi connectivity index (χ3n) is 5.19. The third kappa shape index (κ3) is 4.62. The Hall–Kier alpha value is -3.32. The van der Waals surface area contributed by atoms with E-state index in [1.54, 1.807) is 11.6 Å². The summed E-state index contributed by atoms with van der Waals surface area (Å²) in [6, 6.07) is 14.8. The number of ether oxygens (including phenoxy) is 2. The van der Waals surface area contributed by atoms with Gasteiger partial charge in [0.15, 0.2) is 0 Å². The fourth-order valence-electron chi connectivity index (χ4n) is 3.71. The molecule has 3 aromatic rings. The zero-order valence-corrected chi connectivity index (χ0v) is 18.8. The van der Waals surface area contributed by atoms with Crippen molar-refractivity contribution in [3.63, 3.8) is 0 Å². The van der Waals surface area contributed by atoms with Gasteiger partial charge in [0.1, 0.15) is 24.7 Å². The molecule has 1 aliphatic heterocycles. The Bertz CT molecular complexity index is 1110. The number of anilines is 1. The molecule has 1 aliphatic rings. The summed E-state index contributed by atoms with van der Waals surface area (Å²) in [5, 5.41) is 8.32. The largest absolute Gasteiger partial charge is 0.489 e. The van der Waals surface area contributed by atoms with Crippen molar-refractivity contribution in [2.75, 3.05) is 11.9 Å². The van der Waals surface area contributed by atoms with Crippen LogP contribution in [-0.4, -0.2) is 27.3 Å². The fourth-order valence-corrected chi connectivity index (χ4v) is 3.84. The number of halogens is 1. The van der Waals surface area contributed by atoms with Gasteiger partial charge in [0.05, 0.1) is 12.2 Å². The first-order valence-electron chi connectivity index (χ1n) is 10.6. The van der Waals surface area contributed by atoms with E-state index in [9.17, 15) is 4.79 Å². The van der Waals surface area contributed by atoms with Crippen molar-refractivity contribution >= 4 is 23.5 Å². The standard InChI is InChI=1S/C24H25ClN4O3/c1-3-5-20-21(23(30)31-4-2)22(29-24(28-20)26-15-27-29)17-8-12-19(13-9-17)32-14-16-6-10-18(25)11-7-16/h6-13,15,22H,3-5,14H2,1-2H3,(H,26,27,28)/t22-/m1/s1. The van der Waals surface area contributed by atoms with E-state index in [1.807, 2.05) is 48.5 Å². The second-order valence-corrected chi connectivity index (χ2v) is 7.84. The number of nitrogens with one attached hydrogen (secondary N) is 1. The van der Waals surface area contributed by atoms with Crippen LogP contribution < -0.4 is 10.1 Å². The van der Waals surface area contributed by atoms with Crippen molar-refractivity contribution in [2.24, 2.45) is 0 Å². The molecule has 0 saturated carbocycles. The van der Waals surface area contributed by atoms with Crippen LogP contribution in [-0.2, 0) is 16.1 Å². The topological polar surface area (TPSA) is 78.3 Å². The maximum atomic E-state index is 12.9. The molecule has 0 fully saturated rings. The molecule has 32 heavy (non-hydrogen) atoms. The molecule has 0 aliphatic carbocycles. The number of nitrogens with zero attached hydrogens (tertiary/aromatic N) is 3. The summed E-state index contributed by atoms with van der Waals surface area (Å²) in [5.41, 5.74) is 3.30. The zero-order valence-electron chi connectivity index (χ0n) is 18.0. The van der Waals surface area contributed by atoms with Crippen molar-refractivity contribution < 1.29 is 14.3 Å². The SMILES string of the molecule is CCCC1=C(C(=O)OCC)[C@@H](c2ccc(OCc3ccc(Cl)cc3)cc2)n2ncnc2N1. The smallest absolute Gasteiger partial charge is 0.338 e. The molecule has 0 radical (unpaired) electrons. The number of carbonyl (C=O) groups is 1. The molecule has 2 heterocycles. The number of hydrogen-bond donors (Lipinski definition) is 1. The van der Waals surface area contributed by atoms with Gasteiger partial charge in [0, 0.05) is 10.7 Å². The quantitative estimate of drug-likeness (QED) is 0.476. The number of rotatable bonds is 8. The maximum absolute atomic E-state index is 12.9. The number of hydrogen-bond acceptors (Lipinski definition) is 6. The molecule has 0 bridgehead atoms. The molecule has 8 heteroatoms. The predicted octanol–water partition coefficient (Wildman–Crippen LogP) is 5.14. The van der Waals surface area contributed by atoms with Gasteiger partial charge >= 0.3 is 5.97 Å². The summed E-state index contributed by atoms with van der Waals surface area (Å²) in [7, 11) is 0. The number of carbonyl (C=O) groups excluding carboxylic acids is 1. The first-order chi connectivity index (χ1) is 15.6. The van der Waals surface area contributed by atoms with Crippen molar-refractivity contribution in [1.82, 2.24) is 14.8 Å². The Morgan fingerprint density at radius 1 is 1.12 bits per heavy atom. The molecule has 2 aromatic carbocycles. The highest BCUT2D eigenvalue weighted by Gasteiger charge is 2.35. The van der Waals surface area contributed by atoms with Crippen LogP contribution >= 0.6 is 11.6 Å². The van der Waals surface area contributed by atoms with E-state index in [1.165, 1.54) is 6.33 Å². The monoisotopic (exact) mass is 452 g/mol. The highest BCUT2D eigenvalue weighted by molar-refractivity contribution is 6.30. The van der Waals surface area contributed by atoms with Gasteiger partial charge in [-0.3, -0.25) is 0 Å². The molecule has 0 spiro atoms. The number of fused-ring (bicyclic) bond motifs is 1. The minimum atomic E-state index is -0.431. The summed E-state index contributed by atoms with van der Waals surface area (Å²) in [6.07, 6.45) is 3.07. The Kier molecular flexibility index (Phi) is 6.75. The Morgan fingerprint density at radius 3 is 2.56 bits per heavy atom. The van der Waals surface area contributed by atoms with Gasteiger partial charge < -0.3 is 14.8 Å². The molecule has 4 rings (SSSR count). The first-order valence-corrected chi connectivity index (χ1v) is 11.0. The predicted molar refractivity (Wildman–Crippen MR) is 123 cm³/mol. The zero-order chi connectivity index (χ0) is 22.5. The molecular formula is C24H25ClN4O3. The summed E-state index contributed by atoms with van der Waals surface area (Å²) in [4.78, 5) is 17.2. The molecule has 1 atom stereocenters. The summed E-state index contributed by atoms with van der Waals surface area (Å²) in [6.45, 7) is 4.61. The van der Waals surface area contributed by atoms with E-state index in [0.29, 0.717) is 36.2 Å². The van der Waals surface area contributed by atoms with Gasteiger partial charge in [0.2, 0.25) is 5.95 Å². The Morgan fingerprint density at radius 2 is 1.88 bits per heavy atom. The lowest BCUT2D eigenvalue weighted by Gasteiger charge is -2.29. The van der Waals surface area contributed by atoms with E-state index in [4.69, 9.17) is 21.1 Å². The molecule has 0 amide bonds. The molecule has 166 valence electrons. The number of benzene rings is 2. The Balaban J connectivity index is 1.62. The minimum absolute atomic E-state index is 0.302. The fraction of sp³-hybridized carbons (Fsp3) is 0.292. The highest BCUT2D eigenvalue weighted by Crippen LogP contribution is 2.37. The second kappa shape index (κ2) is 9.87. The maximum Gasteiger partial charge on any atom is 0.338 e. The van der Waals surface area contributed by atoms with Gasteiger partial charge in [-0.05, 0) is 48.7 Å². The molecule has 1 aromatic heterocycles. The van der Waals surface area contributed by atoms with Crippen LogP contribution in [0.15, 0.2) is 66.1 Å². The highest BCUT2D eigenvalue weighted by atomic mass is 35.5. The van der Waals surface area contributed by atoms with Crippen LogP contribution in [0.4, 0.5) is 5.95 Å². The molecule has 7 nitrogen and oxygen atoms in total. The summed E-state index contributed by atoms with van der Waals surface area (Å²) < 4.78 is 13.0. The van der Waals surface area contributed by atoms with E-state index >= 15 is 0 Å². The average molecular weight is 453 g/mol. The van der Waals surface area contributed by atoms with E-state index in [-0.39, 0.29) is 5.97 Å². The minimum Gasteiger partial charge on any atom is -0.489 e. The van der Waals surface area contributed by atoms with Gasteiger partial charge in [-0.1, -0.05) is 49.2 Å². The van der Waals surface area contributed by atoms with Crippen molar-refractivity contribution in [2.45, 2.75) is 39.3 Å². The number of esters is 1. The van der Waals surface area contributed by atoms with Crippen LogP contribution in [0.3, 0.4) is 0 Å². The second-order valence-electron chi connectivity index (χ2n) is 7.40. The lowest BCUT2D eigenvalue weighted by Crippen LogP contribution is -2.30. The van der Waals surface area contributed by atoms with Crippen LogP contribution in [0.5, 0.6) is 5.75 Å². The molecular weight excluding hydrogens is 428 g/mol. The van der Waals surface area contributed by atoms with E-state index in [0.717, 1.165) is 29.0 Å². The molecule has 0 unspecified atom stereocenters. The van der Waals surface area contributed by atoms with E-state index in [2.05, 4.69) is 22.3 Å².